The lowest BCUT2D eigenvalue weighted by molar-refractivity contribution is -0.0465. The molecule has 14 heavy (non-hydrogen) atoms. The predicted octanol–water partition coefficient (Wildman–Crippen LogP) is 0.679. The molecule has 4 N–H and O–H groups in total. The zero-order valence-corrected chi connectivity index (χ0v) is 8.12. The molecule has 0 aliphatic carbocycles. The quantitative estimate of drug-likeness (QED) is 0.233. The highest BCUT2D eigenvalue weighted by Gasteiger charge is 1.93. The molecule has 82 valence electrons. The fraction of sp³-hybridized carbons (Fsp3) is 0.750. The number of aliphatic hydroxyl groups excluding tert-OH is 1. The van der Waals surface area contributed by atoms with E-state index in [4.69, 9.17) is 30.6 Å². The molecule has 0 unspecified atom stereocenters. The Hall–Kier alpha value is -1.32. The molecule has 0 heterocycles. The van der Waals surface area contributed by atoms with Crippen LogP contribution < -0.4 is 0 Å². The van der Waals surface area contributed by atoms with Crippen molar-refractivity contribution in [3.63, 3.8) is 0 Å². The smallest absolute Gasteiger partial charge is 0.231 e. The van der Waals surface area contributed by atoms with Crippen molar-refractivity contribution in [2.75, 3.05) is 0 Å². The molecule has 0 rings (SSSR count). The molecule has 0 aliphatic heterocycles. The summed E-state index contributed by atoms with van der Waals surface area (Å²) in [6, 6.07) is 0. The lowest BCUT2D eigenvalue weighted by Crippen LogP contribution is -2.02. The molecule has 0 radical (unpaired) electrons. The first-order valence-electron chi connectivity index (χ1n) is 4.04. The van der Waals surface area contributed by atoms with Crippen molar-refractivity contribution in [2.45, 2.75) is 38.9 Å². The first-order chi connectivity index (χ1) is 6.60. The van der Waals surface area contributed by atoms with E-state index in [0.717, 1.165) is 31.4 Å². The standard InChI is InChI=1S/C6H14O2.2CHNO/c1-2-3-4-5-6(7)8;2*2-1-3/h6-8H,2-5H2,1H3;2*2H. The van der Waals surface area contributed by atoms with Gasteiger partial charge in [0.25, 0.3) is 0 Å². The number of rotatable bonds is 4. The minimum absolute atomic E-state index is 0.522. The van der Waals surface area contributed by atoms with E-state index in [1.807, 2.05) is 0 Å². The summed E-state index contributed by atoms with van der Waals surface area (Å²) in [7, 11) is 0. The maximum atomic E-state index is 8.35. The second-order valence-corrected chi connectivity index (χ2v) is 2.18. The predicted molar refractivity (Wildman–Crippen MR) is 49.2 cm³/mol. The molecule has 0 aromatic carbocycles. The summed E-state index contributed by atoms with van der Waals surface area (Å²) in [4.78, 5) is 16.7. The van der Waals surface area contributed by atoms with Crippen molar-refractivity contribution in [1.82, 2.24) is 0 Å². The lowest BCUT2D eigenvalue weighted by Gasteiger charge is -1.99. The van der Waals surface area contributed by atoms with Gasteiger partial charge in [-0.05, 0) is 12.8 Å². The van der Waals surface area contributed by atoms with Gasteiger partial charge in [0.1, 0.15) is 0 Å². The van der Waals surface area contributed by atoms with Crippen molar-refractivity contribution < 1.29 is 19.8 Å². The topological polar surface area (TPSA) is 122 Å². The van der Waals surface area contributed by atoms with E-state index in [2.05, 4.69) is 6.92 Å². The Balaban J connectivity index is -0.000000168. The number of aliphatic hydroxyl groups is 2. The largest absolute Gasteiger partial charge is 0.368 e. The van der Waals surface area contributed by atoms with E-state index in [1.165, 1.54) is 0 Å². The van der Waals surface area contributed by atoms with E-state index in [-0.39, 0.29) is 0 Å². The number of unbranched alkanes of at least 4 members (excludes halogenated alkanes) is 2. The summed E-state index contributed by atoms with van der Waals surface area (Å²) < 4.78 is 0. The Labute approximate surface area is 82.6 Å². The molecule has 0 saturated heterocycles. The van der Waals surface area contributed by atoms with Gasteiger partial charge in [-0.15, -0.1) is 0 Å². The van der Waals surface area contributed by atoms with E-state index in [9.17, 15) is 0 Å². The maximum Gasteiger partial charge on any atom is 0.231 e. The summed E-state index contributed by atoms with van der Waals surface area (Å²) in [5.41, 5.74) is 0. The van der Waals surface area contributed by atoms with Crippen LogP contribution in [0.25, 0.3) is 0 Å². The molecule has 0 aromatic heterocycles. The summed E-state index contributed by atoms with van der Waals surface area (Å²) in [5, 5.41) is 27.5. The van der Waals surface area contributed by atoms with Gasteiger partial charge in [-0.3, -0.25) is 0 Å². The van der Waals surface area contributed by atoms with Crippen molar-refractivity contribution in [3.05, 3.63) is 0 Å². The molecule has 0 spiro atoms. The first kappa shape index (κ1) is 18.5. The van der Waals surface area contributed by atoms with Gasteiger partial charge in [0, 0.05) is 0 Å². The van der Waals surface area contributed by atoms with Crippen molar-refractivity contribution in [2.24, 2.45) is 0 Å². The van der Waals surface area contributed by atoms with Crippen LogP contribution in [-0.4, -0.2) is 28.7 Å². The zero-order chi connectivity index (χ0) is 11.8. The van der Waals surface area contributed by atoms with Gasteiger partial charge in [-0.2, -0.15) is 0 Å². The van der Waals surface area contributed by atoms with Crippen molar-refractivity contribution >= 4 is 12.2 Å². The normalized spacial score (nSPS) is 7.14. The number of carbonyl (C=O) groups excluding carboxylic acids is 2. The Bertz CT molecular complexity index is 147. The van der Waals surface area contributed by atoms with E-state index in [0.29, 0.717) is 6.42 Å². The summed E-state index contributed by atoms with van der Waals surface area (Å²) in [6.45, 7) is 2.09. The molecule has 0 atom stereocenters. The number of nitrogens with one attached hydrogen (secondary N) is 2. The highest BCUT2D eigenvalue weighted by Crippen LogP contribution is 1.99. The molecular weight excluding hydrogens is 188 g/mol. The van der Waals surface area contributed by atoms with E-state index >= 15 is 0 Å². The summed E-state index contributed by atoms with van der Waals surface area (Å²) in [5.74, 6) is 0. The highest BCUT2D eigenvalue weighted by atomic mass is 16.5. The average molecular weight is 204 g/mol. The van der Waals surface area contributed by atoms with Crippen LogP contribution in [0.15, 0.2) is 0 Å². The minimum atomic E-state index is -1.10. The van der Waals surface area contributed by atoms with E-state index < -0.39 is 6.29 Å². The third kappa shape index (κ3) is 73.9. The number of hydrogen-bond acceptors (Lipinski definition) is 6. The van der Waals surface area contributed by atoms with Crippen LogP contribution >= 0.6 is 0 Å². The summed E-state index contributed by atoms with van der Waals surface area (Å²) in [6.07, 6.45) is 4.08. The van der Waals surface area contributed by atoms with Gasteiger partial charge in [0.05, 0.1) is 0 Å². The first-order valence-corrected chi connectivity index (χ1v) is 4.04. The van der Waals surface area contributed by atoms with Gasteiger partial charge >= 0.3 is 0 Å². The Morgan fingerprint density at radius 1 is 1.14 bits per heavy atom. The molecule has 0 bridgehead atoms. The minimum Gasteiger partial charge on any atom is -0.368 e. The molecule has 0 fully saturated rings. The SMILES string of the molecule is CCCCCC(O)O.N=C=O.N=C=O. The van der Waals surface area contributed by atoms with Gasteiger partial charge < -0.3 is 10.2 Å². The van der Waals surface area contributed by atoms with Crippen LogP contribution in [0.4, 0.5) is 0 Å². The highest BCUT2D eigenvalue weighted by molar-refractivity contribution is 5.26. The Kier molecular flexibility index (Phi) is 29.8. The van der Waals surface area contributed by atoms with Crippen molar-refractivity contribution in [3.8, 4) is 0 Å². The Morgan fingerprint density at radius 2 is 1.50 bits per heavy atom. The number of isocyanates is 2. The fourth-order valence-electron chi connectivity index (χ4n) is 0.577. The third-order valence-electron chi connectivity index (χ3n) is 1.07. The number of hydrogen-bond donors (Lipinski definition) is 4. The molecule has 0 amide bonds. The van der Waals surface area contributed by atoms with Gasteiger partial charge in [-0.1, -0.05) is 19.8 Å². The molecule has 0 aliphatic rings. The van der Waals surface area contributed by atoms with Crippen LogP contribution in [0.5, 0.6) is 0 Å². The van der Waals surface area contributed by atoms with Gasteiger partial charge in [-0.25, -0.2) is 20.4 Å². The monoisotopic (exact) mass is 204 g/mol. The van der Waals surface area contributed by atoms with Gasteiger partial charge in [0.15, 0.2) is 6.29 Å². The molecule has 6 heteroatoms. The van der Waals surface area contributed by atoms with Crippen LogP contribution in [0, 0.1) is 10.8 Å². The Morgan fingerprint density at radius 3 is 1.71 bits per heavy atom. The van der Waals surface area contributed by atoms with Crippen LogP contribution in [0.1, 0.15) is 32.6 Å². The summed E-state index contributed by atoms with van der Waals surface area (Å²) >= 11 is 0. The molecular formula is C8H16N2O4. The second-order valence-electron chi connectivity index (χ2n) is 2.18. The van der Waals surface area contributed by atoms with Crippen molar-refractivity contribution in [1.29, 1.82) is 10.8 Å². The van der Waals surface area contributed by atoms with Crippen LogP contribution in [0.3, 0.4) is 0 Å². The third-order valence-corrected chi connectivity index (χ3v) is 1.07. The molecule has 0 aromatic rings. The second kappa shape index (κ2) is 22.6. The lowest BCUT2D eigenvalue weighted by atomic mass is 10.2. The van der Waals surface area contributed by atoms with E-state index in [1.54, 1.807) is 0 Å². The van der Waals surface area contributed by atoms with Crippen LogP contribution in [-0.2, 0) is 9.59 Å². The molecule has 0 saturated carbocycles. The fourth-order valence-corrected chi connectivity index (χ4v) is 0.577. The average Bonchev–Trinajstić information content (AvgIpc) is 2.07. The van der Waals surface area contributed by atoms with Crippen LogP contribution in [0.2, 0.25) is 0 Å². The molecule has 6 nitrogen and oxygen atoms in total. The zero-order valence-electron chi connectivity index (χ0n) is 8.12. The van der Waals surface area contributed by atoms with Gasteiger partial charge in [0.2, 0.25) is 12.2 Å². The maximum absolute atomic E-state index is 8.35.